The third kappa shape index (κ3) is 2.78. The van der Waals surface area contributed by atoms with Gasteiger partial charge in [-0.15, -0.1) is 0 Å². The van der Waals surface area contributed by atoms with Crippen LogP contribution in [0.15, 0.2) is 12.3 Å². The van der Waals surface area contributed by atoms with E-state index < -0.39 is 0 Å². The fraction of sp³-hybridized carbons (Fsp3) is 0.643. The first kappa shape index (κ1) is 12.4. The van der Waals surface area contributed by atoms with E-state index >= 15 is 0 Å². The molecule has 0 amide bonds. The van der Waals surface area contributed by atoms with Crippen LogP contribution in [0.1, 0.15) is 31.9 Å². The molecular weight excluding hydrogens is 212 g/mol. The van der Waals surface area contributed by atoms with Gasteiger partial charge in [0.2, 0.25) is 0 Å². The standard InChI is InChI=1S/C14H22N2O/c1-11-9-12(14(2,3)4)10-15-13(11)16-5-7-17-8-6-16/h9-10H,5-8H2,1-4H3. The van der Waals surface area contributed by atoms with Gasteiger partial charge in [-0.1, -0.05) is 26.8 Å². The summed E-state index contributed by atoms with van der Waals surface area (Å²) in [7, 11) is 0. The zero-order valence-electron chi connectivity index (χ0n) is 11.3. The second-order valence-corrected chi connectivity index (χ2v) is 5.71. The van der Waals surface area contributed by atoms with Gasteiger partial charge in [0.1, 0.15) is 5.82 Å². The predicted octanol–water partition coefficient (Wildman–Crippen LogP) is 2.52. The average Bonchev–Trinajstić information content (AvgIpc) is 2.29. The van der Waals surface area contributed by atoms with Gasteiger partial charge in [-0.05, 0) is 23.5 Å². The summed E-state index contributed by atoms with van der Waals surface area (Å²) < 4.78 is 5.37. The fourth-order valence-electron chi connectivity index (χ4n) is 2.08. The first-order valence-electron chi connectivity index (χ1n) is 6.28. The molecule has 0 spiro atoms. The molecule has 2 heterocycles. The quantitative estimate of drug-likeness (QED) is 0.746. The second-order valence-electron chi connectivity index (χ2n) is 5.71. The lowest BCUT2D eigenvalue weighted by Gasteiger charge is -2.30. The van der Waals surface area contributed by atoms with Crippen LogP contribution in [-0.2, 0) is 10.2 Å². The predicted molar refractivity (Wildman–Crippen MR) is 70.7 cm³/mol. The summed E-state index contributed by atoms with van der Waals surface area (Å²) in [4.78, 5) is 6.95. The molecule has 1 aliphatic rings. The van der Waals surface area contributed by atoms with Crippen molar-refractivity contribution in [2.45, 2.75) is 33.1 Å². The average molecular weight is 234 g/mol. The normalized spacial score (nSPS) is 17.3. The Morgan fingerprint density at radius 2 is 1.88 bits per heavy atom. The maximum absolute atomic E-state index is 5.37. The fourth-order valence-corrected chi connectivity index (χ4v) is 2.08. The molecule has 0 aromatic carbocycles. The number of ether oxygens (including phenoxy) is 1. The molecule has 0 saturated carbocycles. The van der Waals surface area contributed by atoms with E-state index in [9.17, 15) is 0 Å². The highest BCUT2D eigenvalue weighted by Gasteiger charge is 2.18. The Kier molecular flexibility index (Phi) is 3.38. The van der Waals surface area contributed by atoms with Crippen molar-refractivity contribution in [2.75, 3.05) is 31.2 Å². The number of anilines is 1. The number of aryl methyl sites for hydroxylation is 1. The van der Waals surface area contributed by atoms with Crippen molar-refractivity contribution in [1.29, 1.82) is 0 Å². The van der Waals surface area contributed by atoms with Crippen molar-refractivity contribution in [3.63, 3.8) is 0 Å². The molecule has 0 unspecified atom stereocenters. The first-order valence-corrected chi connectivity index (χ1v) is 6.28. The van der Waals surface area contributed by atoms with Gasteiger partial charge in [-0.25, -0.2) is 4.98 Å². The largest absolute Gasteiger partial charge is 0.378 e. The summed E-state index contributed by atoms with van der Waals surface area (Å²) in [6.07, 6.45) is 2.01. The monoisotopic (exact) mass is 234 g/mol. The van der Waals surface area contributed by atoms with E-state index in [0.29, 0.717) is 0 Å². The van der Waals surface area contributed by atoms with Gasteiger partial charge >= 0.3 is 0 Å². The summed E-state index contributed by atoms with van der Waals surface area (Å²) in [5.41, 5.74) is 2.73. The highest BCUT2D eigenvalue weighted by molar-refractivity contribution is 5.48. The summed E-state index contributed by atoms with van der Waals surface area (Å²) in [6.45, 7) is 12.3. The molecule has 1 aliphatic heterocycles. The molecule has 0 radical (unpaired) electrons. The molecule has 1 aromatic rings. The maximum atomic E-state index is 5.37. The van der Waals surface area contributed by atoms with Gasteiger partial charge in [0.25, 0.3) is 0 Å². The lowest BCUT2D eigenvalue weighted by atomic mass is 9.87. The van der Waals surface area contributed by atoms with E-state index in [1.165, 1.54) is 11.1 Å². The Labute approximate surface area is 104 Å². The molecule has 3 heteroatoms. The smallest absolute Gasteiger partial charge is 0.131 e. The SMILES string of the molecule is Cc1cc(C(C)(C)C)cnc1N1CCOCC1. The highest BCUT2D eigenvalue weighted by atomic mass is 16.5. The Hall–Kier alpha value is -1.09. The molecule has 0 bridgehead atoms. The molecule has 1 saturated heterocycles. The number of nitrogens with zero attached hydrogens (tertiary/aromatic N) is 2. The van der Waals surface area contributed by atoms with Crippen molar-refractivity contribution in [2.24, 2.45) is 0 Å². The van der Waals surface area contributed by atoms with Crippen molar-refractivity contribution < 1.29 is 4.74 Å². The molecule has 1 aromatic heterocycles. The Morgan fingerprint density at radius 3 is 2.41 bits per heavy atom. The van der Waals surface area contributed by atoms with E-state index in [-0.39, 0.29) is 5.41 Å². The lowest BCUT2D eigenvalue weighted by Crippen LogP contribution is -2.37. The minimum Gasteiger partial charge on any atom is -0.378 e. The van der Waals surface area contributed by atoms with Gasteiger partial charge < -0.3 is 9.64 Å². The zero-order chi connectivity index (χ0) is 12.5. The number of aromatic nitrogens is 1. The molecule has 1 fully saturated rings. The number of pyridine rings is 1. The van der Waals surface area contributed by atoms with Gasteiger partial charge in [0.15, 0.2) is 0 Å². The Bertz CT molecular complexity index is 390. The van der Waals surface area contributed by atoms with Crippen LogP contribution < -0.4 is 4.90 Å². The van der Waals surface area contributed by atoms with Gasteiger partial charge in [0, 0.05) is 19.3 Å². The number of hydrogen-bond acceptors (Lipinski definition) is 3. The van der Waals surface area contributed by atoms with E-state index in [0.717, 1.165) is 32.1 Å². The summed E-state index contributed by atoms with van der Waals surface area (Å²) in [5, 5.41) is 0. The molecule has 0 atom stereocenters. The van der Waals surface area contributed by atoms with E-state index in [1.807, 2.05) is 6.20 Å². The third-order valence-electron chi connectivity index (χ3n) is 3.23. The topological polar surface area (TPSA) is 25.4 Å². The number of morpholine rings is 1. The van der Waals surface area contributed by atoms with Gasteiger partial charge in [0.05, 0.1) is 13.2 Å². The van der Waals surface area contributed by atoms with Crippen LogP contribution in [0.2, 0.25) is 0 Å². The maximum Gasteiger partial charge on any atom is 0.131 e. The second kappa shape index (κ2) is 4.65. The van der Waals surface area contributed by atoms with E-state index in [2.05, 4.69) is 43.6 Å². The minimum atomic E-state index is 0.168. The number of rotatable bonds is 1. The van der Waals surface area contributed by atoms with Crippen LogP contribution in [0.3, 0.4) is 0 Å². The van der Waals surface area contributed by atoms with Crippen LogP contribution in [0.4, 0.5) is 5.82 Å². The molecule has 0 N–H and O–H groups in total. The summed E-state index contributed by atoms with van der Waals surface area (Å²) in [5.74, 6) is 1.11. The van der Waals surface area contributed by atoms with Crippen molar-refractivity contribution in [1.82, 2.24) is 4.98 Å². The molecule has 0 aliphatic carbocycles. The summed E-state index contributed by atoms with van der Waals surface area (Å²) in [6, 6.07) is 2.26. The van der Waals surface area contributed by atoms with Crippen LogP contribution >= 0.6 is 0 Å². The zero-order valence-corrected chi connectivity index (χ0v) is 11.3. The van der Waals surface area contributed by atoms with Crippen molar-refractivity contribution in [3.8, 4) is 0 Å². The Morgan fingerprint density at radius 1 is 1.24 bits per heavy atom. The molecule has 17 heavy (non-hydrogen) atoms. The molecule has 2 rings (SSSR count). The third-order valence-corrected chi connectivity index (χ3v) is 3.23. The van der Waals surface area contributed by atoms with Crippen LogP contribution in [0.5, 0.6) is 0 Å². The highest BCUT2D eigenvalue weighted by Crippen LogP contribution is 2.26. The first-order chi connectivity index (χ1) is 7.98. The van der Waals surface area contributed by atoms with Crippen molar-refractivity contribution in [3.05, 3.63) is 23.4 Å². The molecular formula is C14H22N2O. The van der Waals surface area contributed by atoms with Crippen molar-refractivity contribution >= 4 is 5.82 Å². The van der Waals surface area contributed by atoms with Crippen LogP contribution in [0, 0.1) is 6.92 Å². The number of hydrogen-bond donors (Lipinski definition) is 0. The minimum absolute atomic E-state index is 0.168. The van der Waals surface area contributed by atoms with E-state index in [1.54, 1.807) is 0 Å². The summed E-state index contributed by atoms with van der Waals surface area (Å²) >= 11 is 0. The molecule has 3 nitrogen and oxygen atoms in total. The van der Waals surface area contributed by atoms with Gasteiger partial charge in [-0.3, -0.25) is 0 Å². The van der Waals surface area contributed by atoms with Crippen LogP contribution in [-0.4, -0.2) is 31.3 Å². The Balaban J connectivity index is 2.25. The van der Waals surface area contributed by atoms with Gasteiger partial charge in [-0.2, -0.15) is 0 Å². The van der Waals surface area contributed by atoms with E-state index in [4.69, 9.17) is 4.74 Å². The molecule has 94 valence electrons. The lowest BCUT2D eigenvalue weighted by molar-refractivity contribution is 0.122. The van der Waals surface area contributed by atoms with Crippen LogP contribution in [0.25, 0.3) is 0 Å².